The molecule has 0 aromatic heterocycles. The summed E-state index contributed by atoms with van der Waals surface area (Å²) in [5, 5.41) is 32.1. The number of morpholine rings is 1. The van der Waals surface area contributed by atoms with E-state index in [1.165, 1.54) is 42.4 Å². The lowest BCUT2D eigenvalue weighted by Gasteiger charge is -2.29. The van der Waals surface area contributed by atoms with Crippen LogP contribution >= 0.6 is 23.2 Å². The van der Waals surface area contributed by atoms with Gasteiger partial charge in [-0.2, -0.15) is 0 Å². The van der Waals surface area contributed by atoms with Crippen molar-refractivity contribution in [3.63, 3.8) is 0 Å². The van der Waals surface area contributed by atoms with Crippen LogP contribution in [0.3, 0.4) is 0 Å². The third-order valence-electron chi connectivity index (χ3n) is 8.55. The predicted molar refractivity (Wildman–Crippen MR) is 211 cm³/mol. The number of ether oxygens (including phenoxy) is 1. The topological polar surface area (TPSA) is 119 Å². The fourth-order valence-corrected chi connectivity index (χ4v) is 5.93. The zero-order valence-corrected chi connectivity index (χ0v) is 32.4. The smallest absolute Gasteiger partial charge is 0.244 e. The Morgan fingerprint density at radius 1 is 0.759 bits per heavy atom. The van der Waals surface area contributed by atoms with E-state index in [2.05, 4.69) is 17.9 Å². The van der Waals surface area contributed by atoms with E-state index in [9.17, 15) is 51.7 Å². The molecule has 17 heteroatoms. The van der Waals surface area contributed by atoms with Crippen molar-refractivity contribution in [3.8, 4) is 0 Å². The van der Waals surface area contributed by atoms with Gasteiger partial charge in [0.15, 0.2) is 0 Å². The summed E-state index contributed by atoms with van der Waals surface area (Å²) in [6, 6.07) is 15.6. The Bertz CT molecular complexity index is 2100. The van der Waals surface area contributed by atoms with Crippen LogP contribution in [0.25, 0.3) is 12.2 Å². The Kier molecular flexibility index (Phi) is 18.9. The number of hydrogen-bond acceptors (Lipinski definition) is 7. The third-order valence-corrected chi connectivity index (χ3v) is 9.05. The van der Waals surface area contributed by atoms with Crippen LogP contribution in [0.2, 0.25) is 10.0 Å². The van der Waals surface area contributed by atoms with Gasteiger partial charge < -0.3 is 14.8 Å². The first-order valence-corrected chi connectivity index (χ1v) is 17.7. The lowest BCUT2D eigenvalue weighted by atomic mass is 9.76. The molecule has 1 heterocycles. The average molecular weight is 857 g/mol. The number of allylic oxidation sites excluding steroid dienone is 2. The molecule has 312 valence electrons. The molecular formula is C41H41Cl2F6N3O6. The molecule has 0 bridgehead atoms. The summed E-state index contributed by atoms with van der Waals surface area (Å²) in [5.41, 5.74) is 0.638. The second kappa shape index (κ2) is 22.5. The number of hydrogen-bond donors (Lipinski definition) is 1. The maximum absolute atomic E-state index is 14.4. The normalized spacial score (nSPS) is 14.4. The first-order valence-electron chi connectivity index (χ1n) is 16.9. The third kappa shape index (κ3) is 13.9. The van der Waals surface area contributed by atoms with Gasteiger partial charge in [0.1, 0.15) is 40.7 Å². The zero-order valence-electron chi connectivity index (χ0n) is 30.9. The molecule has 0 radical (unpaired) electrons. The standard InChI is InChI=1S/C18H15ClF3NO3.C13H16ClNO.C9H6F3NO2.CH4/c1-9(23(25)26)16(18-14(21)7-13(20)8-15(18)22)17(10(2)24)11-3-5-12(19)6-4-11;1-11(15-6-8-16-9-7-15)10-12-2-4-13(14)5-3-12;1-5(13(14)15)2-7-8(11)3-6(10)4-9(7)12;/h3-8,16-17H,1-2H3,(H,25,26);2-5,10H,6-9H2,1H3;2-4H,1H3;1H4. The first-order chi connectivity index (χ1) is 26.8. The van der Waals surface area contributed by atoms with Gasteiger partial charge in [-0.25, -0.2) is 26.3 Å². The second-order valence-corrected chi connectivity index (χ2v) is 13.5. The highest BCUT2D eigenvalue weighted by atomic mass is 35.5. The number of benzene rings is 4. The number of ketones is 1. The maximum atomic E-state index is 14.4. The van der Waals surface area contributed by atoms with Gasteiger partial charge in [0.2, 0.25) is 11.4 Å². The van der Waals surface area contributed by atoms with E-state index in [4.69, 9.17) is 27.9 Å². The van der Waals surface area contributed by atoms with Crippen molar-refractivity contribution in [1.82, 2.24) is 4.90 Å². The Balaban J connectivity index is 0.000000314. The van der Waals surface area contributed by atoms with Gasteiger partial charge in [0.05, 0.1) is 35.5 Å². The molecule has 9 nitrogen and oxygen atoms in total. The first kappa shape index (κ1) is 48.8. The van der Waals surface area contributed by atoms with E-state index in [0.29, 0.717) is 40.9 Å². The molecule has 0 aliphatic carbocycles. The zero-order chi connectivity index (χ0) is 42.6. The molecule has 0 saturated carbocycles. The highest BCUT2D eigenvalue weighted by molar-refractivity contribution is 6.30. The van der Waals surface area contributed by atoms with Crippen molar-refractivity contribution in [2.75, 3.05) is 26.3 Å². The van der Waals surface area contributed by atoms with Crippen molar-refractivity contribution in [2.45, 2.75) is 47.0 Å². The van der Waals surface area contributed by atoms with Crippen LogP contribution in [0, 0.1) is 50.2 Å². The van der Waals surface area contributed by atoms with E-state index in [1.807, 2.05) is 24.3 Å². The largest absolute Gasteiger partial charge is 0.418 e. The van der Waals surface area contributed by atoms with Crippen LogP contribution in [0.15, 0.2) is 84.2 Å². The quantitative estimate of drug-likeness (QED) is 0.0445. The summed E-state index contributed by atoms with van der Waals surface area (Å²) in [6.45, 7) is 9.16. The van der Waals surface area contributed by atoms with Crippen molar-refractivity contribution < 1.29 is 50.9 Å². The number of nitro groups is 1. The Labute approximate surface area is 341 Å². The molecule has 58 heavy (non-hydrogen) atoms. The highest BCUT2D eigenvalue weighted by Crippen LogP contribution is 2.38. The van der Waals surface area contributed by atoms with E-state index in [1.54, 1.807) is 0 Å². The minimum atomic E-state index is -1.49. The molecule has 2 unspecified atom stereocenters. The predicted octanol–water partition coefficient (Wildman–Crippen LogP) is 11.0. The summed E-state index contributed by atoms with van der Waals surface area (Å²) in [5.74, 6) is -10.3. The monoisotopic (exact) mass is 855 g/mol. The van der Waals surface area contributed by atoms with Crippen molar-refractivity contribution >= 4 is 46.8 Å². The second-order valence-electron chi connectivity index (χ2n) is 12.6. The summed E-state index contributed by atoms with van der Waals surface area (Å²) in [7, 11) is 0. The Hall–Kier alpha value is -5.38. The molecule has 1 saturated heterocycles. The lowest BCUT2D eigenvalue weighted by Crippen LogP contribution is -2.34. The SMILES string of the molecule is C.CC(=Cc1c(F)cc(F)cc1F)[N+](=O)[O-].CC(=Cc1ccc(Cl)cc1)N1CCOCC1.CC(=O)C(c1ccc(Cl)cc1)C(/C(C)=[N+](\[O-])O)c1c(F)cc(F)cc1F. The molecule has 1 fully saturated rings. The van der Waals surface area contributed by atoms with Gasteiger partial charge in [-0.3, -0.25) is 20.1 Å². The minimum Gasteiger partial charge on any atom is -0.418 e. The Morgan fingerprint density at radius 3 is 1.64 bits per heavy atom. The van der Waals surface area contributed by atoms with Crippen LogP contribution in [0.4, 0.5) is 26.3 Å². The molecule has 1 aliphatic rings. The molecule has 0 spiro atoms. The fourth-order valence-electron chi connectivity index (χ4n) is 5.68. The number of rotatable bonds is 9. The van der Waals surface area contributed by atoms with Crippen LogP contribution in [-0.4, -0.2) is 57.7 Å². The van der Waals surface area contributed by atoms with Crippen LogP contribution < -0.4 is 0 Å². The van der Waals surface area contributed by atoms with E-state index < -0.39 is 84.9 Å². The van der Waals surface area contributed by atoms with Crippen molar-refractivity contribution in [2.24, 2.45) is 0 Å². The average Bonchev–Trinajstić information content (AvgIpc) is 3.14. The van der Waals surface area contributed by atoms with Gasteiger partial charge in [-0.1, -0.05) is 54.9 Å². The summed E-state index contributed by atoms with van der Waals surface area (Å²) in [6.07, 6.45) is 2.89. The van der Waals surface area contributed by atoms with E-state index in [0.717, 1.165) is 45.2 Å². The van der Waals surface area contributed by atoms with Crippen LogP contribution in [-0.2, 0) is 9.53 Å². The van der Waals surface area contributed by atoms with Gasteiger partial charge in [0, 0.05) is 83.5 Å². The molecule has 4 aromatic rings. The van der Waals surface area contributed by atoms with Gasteiger partial charge in [-0.15, -0.1) is 0 Å². The Morgan fingerprint density at radius 2 is 1.21 bits per heavy atom. The van der Waals surface area contributed by atoms with Gasteiger partial charge in [-0.05, 0) is 55.3 Å². The number of carbonyl (C=O) groups excluding carboxylic acids is 1. The highest BCUT2D eigenvalue weighted by Gasteiger charge is 2.39. The van der Waals surface area contributed by atoms with Crippen LogP contribution in [0.1, 0.15) is 69.2 Å². The van der Waals surface area contributed by atoms with Gasteiger partial charge in [0.25, 0.3) is 0 Å². The summed E-state index contributed by atoms with van der Waals surface area (Å²) < 4.78 is 85.8. The molecule has 1 N–H and O–H groups in total. The van der Waals surface area contributed by atoms with Crippen LogP contribution in [0.5, 0.6) is 0 Å². The van der Waals surface area contributed by atoms with Crippen molar-refractivity contribution in [3.05, 3.63) is 167 Å². The summed E-state index contributed by atoms with van der Waals surface area (Å²) >= 11 is 11.7. The molecule has 0 amide bonds. The maximum Gasteiger partial charge on any atom is 0.244 e. The number of halogens is 8. The van der Waals surface area contributed by atoms with Crippen molar-refractivity contribution in [1.29, 1.82) is 0 Å². The number of carbonyl (C=O) groups is 1. The minimum absolute atomic E-state index is 0. The van der Waals surface area contributed by atoms with Gasteiger partial charge >= 0.3 is 0 Å². The van der Waals surface area contributed by atoms with E-state index >= 15 is 0 Å². The lowest BCUT2D eigenvalue weighted by molar-refractivity contribution is -0.727. The molecule has 1 aliphatic heterocycles. The number of nitrogens with zero attached hydrogens (tertiary/aromatic N) is 3. The van der Waals surface area contributed by atoms with E-state index in [-0.39, 0.29) is 7.43 Å². The summed E-state index contributed by atoms with van der Waals surface area (Å²) in [4.78, 5) is 23.5. The molecule has 4 aromatic carbocycles. The number of Topliss-reactive ketones (excluding diaryl/α,β-unsaturated/α-hetero) is 1. The molecular weight excluding hydrogens is 815 g/mol. The molecule has 5 rings (SSSR count). The molecule has 2 atom stereocenters. The fraction of sp³-hybridized carbons (Fsp3) is 0.268.